The molecule has 0 radical (unpaired) electrons. The molecule has 0 aliphatic heterocycles. The Morgan fingerprint density at radius 2 is 1.77 bits per heavy atom. The van der Waals surface area contributed by atoms with Crippen LogP contribution in [0, 0.1) is 5.92 Å². The summed E-state index contributed by atoms with van der Waals surface area (Å²) in [5.74, 6) is 0.183. The average molecular weight is 557 g/mol. The van der Waals surface area contributed by atoms with E-state index in [1.807, 2.05) is 30.3 Å². The number of benzene rings is 2. The molecular weight excluding hydrogens is 525 g/mol. The topological polar surface area (TPSA) is 90.5 Å². The van der Waals surface area contributed by atoms with Gasteiger partial charge in [-0.05, 0) is 60.0 Å². The van der Waals surface area contributed by atoms with Gasteiger partial charge in [-0.25, -0.2) is 0 Å². The first-order valence-corrected chi connectivity index (χ1v) is 13.6. The largest absolute Gasteiger partial charge is 0.391 e. The van der Waals surface area contributed by atoms with Crippen LogP contribution in [0.4, 0.5) is 0 Å². The Kier molecular flexibility index (Phi) is 12.9. The van der Waals surface area contributed by atoms with Gasteiger partial charge in [0.05, 0.1) is 22.5 Å². The highest BCUT2D eigenvalue weighted by molar-refractivity contribution is 7.97. The number of rotatable bonds is 10. The van der Waals surface area contributed by atoms with Crippen LogP contribution in [0.3, 0.4) is 0 Å². The minimum Gasteiger partial charge on any atom is -0.391 e. The molecule has 0 fully saturated rings. The summed E-state index contributed by atoms with van der Waals surface area (Å²) in [4.78, 5) is 25.6. The molecule has 1 aromatic heterocycles. The Hall–Kier alpha value is -1.81. The number of fused-ring (bicyclic) bond motifs is 1. The van der Waals surface area contributed by atoms with Crippen LogP contribution in [0.1, 0.15) is 36.9 Å². The lowest BCUT2D eigenvalue weighted by atomic mass is 10.2. The fraction of sp³-hybridized carbons (Fsp3) is 0.360. The van der Waals surface area contributed by atoms with Gasteiger partial charge in [-0.3, -0.25) is 14.3 Å². The molecule has 0 aliphatic carbocycles. The lowest BCUT2D eigenvalue weighted by molar-refractivity contribution is -0.120. The summed E-state index contributed by atoms with van der Waals surface area (Å²) in [6.45, 7) is 6.97. The fourth-order valence-corrected chi connectivity index (χ4v) is 4.82. The molecule has 35 heavy (non-hydrogen) atoms. The SMILES string of the molecule is CC(C)C.O=C(CNC(=O)c1cc2ccccc2s1)NCC(O)CCNSc1ccc(Cl)cc1Cl. The zero-order valence-electron chi connectivity index (χ0n) is 19.9. The van der Waals surface area contributed by atoms with Crippen molar-refractivity contribution in [3.05, 3.63) is 63.5 Å². The maximum absolute atomic E-state index is 12.2. The smallest absolute Gasteiger partial charge is 0.261 e. The second kappa shape index (κ2) is 15.3. The third kappa shape index (κ3) is 11.2. The molecule has 1 heterocycles. The summed E-state index contributed by atoms with van der Waals surface area (Å²) >= 11 is 14.7. The summed E-state index contributed by atoms with van der Waals surface area (Å²) in [7, 11) is 0. The predicted molar refractivity (Wildman–Crippen MR) is 149 cm³/mol. The van der Waals surface area contributed by atoms with E-state index < -0.39 is 6.10 Å². The second-order valence-electron chi connectivity index (χ2n) is 8.38. The van der Waals surface area contributed by atoms with Gasteiger partial charge in [0, 0.05) is 27.7 Å². The third-order valence-electron chi connectivity index (χ3n) is 4.25. The number of carbonyl (C=O) groups excluding carboxylic acids is 2. The summed E-state index contributed by atoms with van der Waals surface area (Å²) < 4.78 is 4.13. The molecule has 0 bridgehead atoms. The first-order valence-electron chi connectivity index (χ1n) is 11.2. The Morgan fingerprint density at radius 1 is 1.06 bits per heavy atom. The van der Waals surface area contributed by atoms with Crippen molar-refractivity contribution in [2.75, 3.05) is 19.6 Å². The van der Waals surface area contributed by atoms with E-state index in [2.05, 4.69) is 36.1 Å². The van der Waals surface area contributed by atoms with Crippen molar-refractivity contribution < 1.29 is 14.7 Å². The summed E-state index contributed by atoms with van der Waals surface area (Å²) in [6, 6.07) is 14.7. The third-order valence-corrected chi connectivity index (χ3v) is 6.95. The lowest BCUT2D eigenvalue weighted by Gasteiger charge is -2.13. The molecule has 0 saturated carbocycles. The molecule has 4 N–H and O–H groups in total. The zero-order chi connectivity index (χ0) is 25.8. The maximum atomic E-state index is 12.2. The van der Waals surface area contributed by atoms with Crippen molar-refractivity contribution in [3.63, 3.8) is 0 Å². The van der Waals surface area contributed by atoms with Crippen LogP contribution in [0.5, 0.6) is 0 Å². The van der Waals surface area contributed by atoms with E-state index in [9.17, 15) is 14.7 Å². The second-order valence-corrected chi connectivity index (χ2v) is 11.2. The average Bonchev–Trinajstić information content (AvgIpc) is 3.24. The molecule has 190 valence electrons. The van der Waals surface area contributed by atoms with Gasteiger partial charge in [-0.1, -0.05) is 62.2 Å². The number of amides is 2. The molecule has 6 nitrogen and oxygen atoms in total. The van der Waals surface area contributed by atoms with Gasteiger partial charge in [-0.15, -0.1) is 11.3 Å². The van der Waals surface area contributed by atoms with Gasteiger partial charge in [0.15, 0.2) is 0 Å². The van der Waals surface area contributed by atoms with Gasteiger partial charge in [0.2, 0.25) is 5.91 Å². The molecule has 2 aromatic carbocycles. The number of halogens is 2. The van der Waals surface area contributed by atoms with Gasteiger partial charge in [-0.2, -0.15) is 0 Å². The molecule has 1 unspecified atom stereocenters. The number of hydrogen-bond acceptors (Lipinski definition) is 6. The van der Waals surface area contributed by atoms with E-state index in [4.69, 9.17) is 23.2 Å². The molecule has 3 aromatic rings. The van der Waals surface area contributed by atoms with Crippen LogP contribution in [-0.2, 0) is 4.79 Å². The number of carbonyl (C=O) groups is 2. The van der Waals surface area contributed by atoms with Crippen LogP contribution in [0.15, 0.2) is 53.4 Å². The van der Waals surface area contributed by atoms with E-state index in [1.54, 1.807) is 18.2 Å². The summed E-state index contributed by atoms with van der Waals surface area (Å²) in [5.41, 5.74) is 0. The monoisotopic (exact) mass is 555 g/mol. The zero-order valence-corrected chi connectivity index (χ0v) is 23.1. The Balaban J connectivity index is 0.00000100. The minimum absolute atomic E-state index is 0.103. The van der Waals surface area contributed by atoms with Gasteiger partial charge in [0.1, 0.15) is 0 Å². The molecule has 0 spiro atoms. The summed E-state index contributed by atoms with van der Waals surface area (Å²) in [6.07, 6.45) is -0.275. The van der Waals surface area contributed by atoms with Crippen LogP contribution in [0.25, 0.3) is 10.1 Å². The summed E-state index contributed by atoms with van der Waals surface area (Å²) in [5, 5.41) is 17.4. The highest BCUT2D eigenvalue weighted by Crippen LogP contribution is 2.28. The van der Waals surface area contributed by atoms with Crippen LogP contribution in [0.2, 0.25) is 10.0 Å². The maximum Gasteiger partial charge on any atom is 0.261 e. The van der Waals surface area contributed by atoms with Crippen molar-refractivity contribution in [2.45, 2.75) is 38.2 Å². The molecule has 0 saturated heterocycles. The minimum atomic E-state index is -0.712. The fourth-order valence-electron chi connectivity index (χ4n) is 2.65. The van der Waals surface area contributed by atoms with E-state index in [0.29, 0.717) is 27.9 Å². The Bertz CT molecular complexity index is 1070. The van der Waals surface area contributed by atoms with Crippen molar-refractivity contribution in [1.29, 1.82) is 0 Å². The van der Waals surface area contributed by atoms with Crippen LogP contribution >= 0.6 is 46.5 Å². The molecule has 1 atom stereocenters. The lowest BCUT2D eigenvalue weighted by Crippen LogP contribution is -2.40. The number of aliphatic hydroxyl groups is 1. The molecule has 0 aliphatic rings. The van der Waals surface area contributed by atoms with E-state index >= 15 is 0 Å². The van der Waals surface area contributed by atoms with Gasteiger partial charge < -0.3 is 15.7 Å². The van der Waals surface area contributed by atoms with Gasteiger partial charge >= 0.3 is 0 Å². The molecule has 3 rings (SSSR count). The van der Waals surface area contributed by atoms with Crippen LogP contribution in [-0.4, -0.2) is 42.7 Å². The quantitative estimate of drug-likeness (QED) is 0.188. The van der Waals surface area contributed by atoms with Crippen LogP contribution < -0.4 is 15.4 Å². The molecule has 10 heteroatoms. The van der Waals surface area contributed by atoms with Gasteiger partial charge in [0.25, 0.3) is 5.91 Å². The molecule has 2 amide bonds. The first-order chi connectivity index (χ1) is 16.7. The molecular formula is C25H31Cl2N3O3S2. The van der Waals surface area contributed by atoms with Crippen molar-refractivity contribution in [3.8, 4) is 0 Å². The first kappa shape index (κ1) is 29.4. The number of thiophene rings is 1. The van der Waals surface area contributed by atoms with Crippen molar-refractivity contribution in [2.24, 2.45) is 5.92 Å². The van der Waals surface area contributed by atoms with E-state index in [-0.39, 0.29) is 24.9 Å². The number of hydrogen-bond donors (Lipinski definition) is 4. The van der Waals surface area contributed by atoms with E-state index in [0.717, 1.165) is 20.9 Å². The predicted octanol–water partition coefficient (Wildman–Crippen LogP) is 5.76. The standard InChI is InChI=1S/C21H21Cl2N3O3S2.C4H10/c22-14-5-6-18(16(23)10-14)31-26-8-7-15(27)11-24-20(28)12-25-21(29)19-9-13-3-1-2-4-17(13)30-19;1-4(2)3/h1-6,9-10,15,26-27H,7-8,11-12H2,(H,24,28)(H,25,29);4H,1-3H3. The highest BCUT2D eigenvalue weighted by Gasteiger charge is 2.12. The van der Waals surface area contributed by atoms with E-state index in [1.165, 1.54) is 23.3 Å². The van der Waals surface area contributed by atoms with Crippen molar-refractivity contribution in [1.82, 2.24) is 15.4 Å². The Morgan fingerprint density at radius 3 is 2.46 bits per heavy atom. The normalized spacial score (nSPS) is 11.6. The Labute approximate surface area is 224 Å². The van der Waals surface area contributed by atoms with Crippen molar-refractivity contribution >= 4 is 68.4 Å². The highest BCUT2D eigenvalue weighted by atomic mass is 35.5. The number of nitrogens with one attached hydrogen (secondary N) is 3. The number of aliphatic hydroxyl groups excluding tert-OH is 1.